The molecule has 0 aromatic rings. The van der Waals surface area contributed by atoms with Crippen molar-refractivity contribution in [2.45, 2.75) is 76.5 Å². The van der Waals surface area contributed by atoms with Crippen molar-refractivity contribution < 1.29 is 4.74 Å². The van der Waals surface area contributed by atoms with Crippen molar-refractivity contribution in [1.82, 2.24) is 5.32 Å². The van der Waals surface area contributed by atoms with Crippen molar-refractivity contribution in [3.8, 4) is 0 Å². The van der Waals surface area contributed by atoms with E-state index in [2.05, 4.69) is 12.2 Å². The zero-order chi connectivity index (χ0) is 11.4. The van der Waals surface area contributed by atoms with Gasteiger partial charge in [0.1, 0.15) is 0 Å². The predicted octanol–water partition coefficient (Wildman–Crippen LogP) is 3.11. The second kappa shape index (κ2) is 6.02. The monoisotopic (exact) mass is 225 g/mol. The maximum atomic E-state index is 5.32. The highest BCUT2D eigenvalue weighted by Gasteiger charge is 2.31. The van der Waals surface area contributed by atoms with Crippen LogP contribution in [0.15, 0.2) is 0 Å². The average molecular weight is 225 g/mol. The van der Waals surface area contributed by atoms with Crippen LogP contribution in [0, 0.1) is 5.92 Å². The summed E-state index contributed by atoms with van der Waals surface area (Å²) in [5, 5.41) is 3.80. The fraction of sp³-hybridized carbons (Fsp3) is 1.00. The molecule has 1 N–H and O–H groups in total. The lowest BCUT2D eigenvalue weighted by molar-refractivity contribution is 0.0123. The maximum absolute atomic E-state index is 5.32. The fourth-order valence-electron chi connectivity index (χ4n) is 3.21. The normalized spacial score (nSPS) is 34.1. The minimum atomic E-state index is 0.527. The molecule has 2 aliphatic rings. The Kier molecular flexibility index (Phi) is 4.66. The smallest absolute Gasteiger partial charge is 0.0601 e. The zero-order valence-corrected chi connectivity index (χ0v) is 10.9. The fourth-order valence-corrected chi connectivity index (χ4v) is 3.21. The Balaban J connectivity index is 1.68. The summed E-state index contributed by atoms with van der Waals surface area (Å²) in [6.45, 7) is 2.39. The second-order valence-electron chi connectivity index (χ2n) is 5.73. The maximum Gasteiger partial charge on any atom is 0.0601 e. The van der Waals surface area contributed by atoms with E-state index in [1.54, 1.807) is 0 Å². The highest BCUT2D eigenvalue weighted by atomic mass is 16.5. The van der Waals surface area contributed by atoms with E-state index in [9.17, 15) is 0 Å². The molecule has 0 aliphatic heterocycles. The summed E-state index contributed by atoms with van der Waals surface area (Å²) in [5.41, 5.74) is 0. The molecule has 0 radical (unpaired) electrons. The van der Waals surface area contributed by atoms with E-state index >= 15 is 0 Å². The van der Waals surface area contributed by atoms with Crippen molar-refractivity contribution >= 4 is 0 Å². The van der Waals surface area contributed by atoms with Gasteiger partial charge in [0.25, 0.3) is 0 Å². The molecule has 2 aliphatic carbocycles. The number of hydrogen-bond acceptors (Lipinski definition) is 2. The summed E-state index contributed by atoms with van der Waals surface area (Å²) in [5.74, 6) is 0.920. The lowest BCUT2D eigenvalue weighted by atomic mass is 9.86. The third kappa shape index (κ3) is 3.21. The molecule has 0 saturated heterocycles. The third-order valence-electron chi connectivity index (χ3n) is 4.53. The van der Waals surface area contributed by atoms with Crippen LogP contribution in [0.3, 0.4) is 0 Å². The number of rotatable bonds is 4. The van der Waals surface area contributed by atoms with Crippen LogP contribution in [-0.2, 0) is 4.74 Å². The molecular weight excluding hydrogens is 198 g/mol. The van der Waals surface area contributed by atoms with E-state index in [-0.39, 0.29) is 0 Å². The molecule has 0 aromatic heterocycles. The van der Waals surface area contributed by atoms with Crippen molar-refractivity contribution in [1.29, 1.82) is 0 Å². The summed E-state index contributed by atoms with van der Waals surface area (Å²) < 4.78 is 5.32. The first-order chi connectivity index (χ1) is 7.79. The Bertz CT molecular complexity index is 193. The van der Waals surface area contributed by atoms with E-state index in [1.807, 2.05) is 7.11 Å². The molecule has 0 heterocycles. The van der Waals surface area contributed by atoms with Crippen LogP contribution in [0.5, 0.6) is 0 Å². The lowest BCUT2D eigenvalue weighted by Gasteiger charge is -2.38. The summed E-state index contributed by atoms with van der Waals surface area (Å²) in [6, 6.07) is 1.43. The molecule has 2 saturated carbocycles. The van der Waals surface area contributed by atoms with Gasteiger partial charge in [-0.3, -0.25) is 0 Å². The Morgan fingerprint density at radius 3 is 2.25 bits per heavy atom. The summed E-state index contributed by atoms with van der Waals surface area (Å²) in [4.78, 5) is 0. The van der Waals surface area contributed by atoms with Gasteiger partial charge in [0, 0.05) is 19.2 Å². The largest absolute Gasteiger partial charge is 0.381 e. The summed E-state index contributed by atoms with van der Waals surface area (Å²) in [7, 11) is 1.83. The van der Waals surface area contributed by atoms with Crippen LogP contribution in [-0.4, -0.2) is 25.3 Å². The van der Waals surface area contributed by atoms with Crippen molar-refractivity contribution in [2.24, 2.45) is 5.92 Å². The Hall–Kier alpha value is -0.0800. The van der Waals surface area contributed by atoms with Gasteiger partial charge in [0.2, 0.25) is 0 Å². The predicted molar refractivity (Wildman–Crippen MR) is 67.6 cm³/mol. The quantitative estimate of drug-likeness (QED) is 0.742. The SMILES string of the molecule is COC1CC(N[C@H](C)C2CCCCCC2)C1. The van der Waals surface area contributed by atoms with Gasteiger partial charge in [-0.1, -0.05) is 25.7 Å². The van der Waals surface area contributed by atoms with Gasteiger partial charge >= 0.3 is 0 Å². The molecule has 16 heavy (non-hydrogen) atoms. The van der Waals surface area contributed by atoms with Gasteiger partial charge < -0.3 is 10.1 Å². The minimum absolute atomic E-state index is 0.527. The topological polar surface area (TPSA) is 21.3 Å². The van der Waals surface area contributed by atoms with Crippen LogP contribution in [0.25, 0.3) is 0 Å². The highest BCUT2D eigenvalue weighted by molar-refractivity contribution is 4.89. The molecule has 0 aromatic carbocycles. The van der Waals surface area contributed by atoms with E-state index < -0.39 is 0 Å². The van der Waals surface area contributed by atoms with Gasteiger partial charge in [-0.05, 0) is 38.5 Å². The van der Waals surface area contributed by atoms with Crippen LogP contribution in [0.1, 0.15) is 58.3 Å². The number of methoxy groups -OCH3 is 1. The molecule has 94 valence electrons. The summed E-state index contributed by atoms with van der Waals surface area (Å²) >= 11 is 0. The van der Waals surface area contributed by atoms with Gasteiger partial charge in [-0.2, -0.15) is 0 Å². The van der Waals surface area contributed by atoms with E-state index in [4.69, 9.17) is 4.74 Å². The summed E-state index contributed by atoms with van der Waals surface area (Å²) in [6.07, 6.45) is 11.6. The number of nitrogens with one attached hydrogen (secondary N) is 1. The molecular formula is C14H27NO. The standard InChI is InChI=1S/C14H27NO/c1-11(12-7-5-3-4-6-8-12)15-13-9-14(10-13)16-2/h11-15H,3-10H2,1-2H3/t11-,13?,14?/m1/s1. The van der Waals surface area contributed by atoms with Crippen molar-refractivity contribution in [3.05, 3.63) is 0 Å². The van der Waals surface area contributed by atoms with Gasteiger partial charge in [-0.25, -0.2) is 0 Å². The van der Waals surface area contributed by atoms with Crippen molar-refractivity contribution in [2.75, 3.05) is 7.11 Å². The molecule has 0 bridgehead atoms. The van der Waals surface area contributed by atoms with E-state index in [0.29, 0.717) is 12.1 Å². The first-order valence-electron chi connectivity index (χ1n) is 7.08. The first-order valence-corrected chi connectivity index (χ1v) is 7.08. The minimum Gasteiger partial charge on any atom is -0.381 e. The number of hydrogen-bond donors (Lipinski definition) is 1. The molecule has 0 amide bonds. The highest BCUT2D eigenvalue weighted by Crippen LogP contribution is 2.28. The zero-order valence-electron chi connectivity index (χ0n) is 10.9. The molecule has 1 atom stereocenters. The van der Waals surface area contributed by atoms with Crippen molar-refractivity contribution in [3.63, 3.8) is 0 Å². The number of ether oxygens (including phenoxy) is 1. The molecule has 2 rings (SSSR count). The van der Waals surface area contributed by atoms with Crippen LogP contribution < -0.4 is 5.32 Å². The van der Waals surface area contributed by atoms with Gasteiger partial charge in [0.15, 0.2) is 0 Å². The van der Waals surface area contributed by atoms with Crippen LogP contribution >= 0.6 is 0 Å². The first kappa shape index (κ1) is 12.4. The molecule has 0 spiro atoms. The molecule has 2 heteroatoms. The average Bonchev–Trinajstić information content (AvgIpc) is 2.50. The lowest BCUT2D eigenvalue weighted by Crippen LogP contribution is -2.50. The molecule has 2 nitrogen and oxygen atoms in total. The van der Waals surface area contributed by atoms with E-state index in [0.717, 1.165) is 12.0 Å². The Morgan fingerprint density at radius 2 is 1.69 bits per heavy atom. The Labute approximate surface area is 100 Å². The third-order valence-corrected chi connectivity index (χ3v) is 4.53. The van der Waals surface area contributed by atoms with E-state index in [1.165, 1.54) is 51.4 Å². The van der Waals surface area contributed by atoms with Gasteiger partial charge in [0.05, 0.1) is 6.10 Å². The van der Waals surface area contributed by atoms with Crippen LogP contribution in [0.4, 0.5) is 0 Å². The molecule has 2 fully saturated rings. The van der Waals surface area contributed by atoms with Crippen LogP contribution in [0.2, 0.25) is 0 Å². The van der Waals surface area contributed by atoms with Gasteiger partial charge in [-0.15, -0.1) is 0 Å². The Morgan fingerprint density at radius 1 is 1.06 bits per heavy atom. The molecule has 0 unspecified atom stereocenters. The second-order valence-corrected chi connectivity index (χ2v) is 5.73.